The third kappa shape index (κ3) is 2.92. The molecule has 3 aromatic rings. The Hall–Kier alpha value is -2.09. The summed E-state index contributed by atoms with van der Waals surface area (Å²) in [7, 11) is 3.22. The molecule has 0 spiro atoms. The number of halogens is 1. The van der Waals surface area contributed by atoms with Gasteiger partial charge < -0.3 is 14.8 Å². The van der Waals surface area contributed by atoms with Crippen LogP contribution in [-0.2, 0) is 0 Å². The second-order valence-corrected chi connectivity index (χ2v) is 5.83. The molecule has 1 aromatic heterocycles. The number of nitrogens with zero attached hydrogens (tertiary/aromatic N) is 2. The van der Waals surface area contributed by atoms with E-state index in [-0.39, 0.29) is 0 Å². The van der Waals surface area contributed by atoms with Gasteiger partial charge in [-0.3, -0.25) is 0 Å². The first-order valence-electron chi connectivity index (χ1n) is 6.60. The van der Waals surface area contributed by atoms with E-state index < -0.39 is 0 Å². The molecular weight excluding hydrogens is 391 g/mol. The van der Waals surface area contributed by atoms with Gasteiger partial charge in [-0.25, -0.2) is 9.97 Å². The molecular formula is C16H14IN3O2. The summed E-state index contributed by atoms with van der Waals surface area (Å²) in [6.07, 6.45) is 1.53. The molecule has 0 saturated carbocycles. The molecule has 0 aliphatic heterocycles. The highest BCUT2D eigenvalue weighted by Crippen LogP contribution is 2.34. The van der Waals surface area contributed by atoms with Gasteiger partial charge in [0, 0.05) is 20.7 Å². The maximum Gasteiger partial charge on any atom is 0.162 e. The van der Waals surface area contributed by atoms with Gasteiger partial charge in [0.05, 0.1) is 19.7 Å². The van der Waals surface area contributed by atoms with E-state index >= 15 is 0 Å². The van der Waals surface area contributed by atoms with Crippen LogP contribution in [-0.4, -0.2) is 24.2 Å². The number of ether oxygens (including phenoxy) is 2. The molecule has 1 N–H and O–H groups in total. The van der Waals surface area contributed by atoms with Crippen LogP contribution in [0.3, 0.4) is 0 Å². The van der Waals surface area contributed by atoms with Gasteiger partial charge in [0.1, 0.15) is 12.1 Å². The van der Waals surface area contributed by atoms with Crippen LogP contribution in [0.25, 0.3) is 10.9 Å². The number of hydrogen-bond acceptors (Lipinski definition) is 5. The number of nitrogens with one attached hydrogen (secondary N) is 1. The smallest absolute Gasteiger partial charge is 0.162 e. The SMILES string of the molecule is COc1cc2ncnc(Nc3cccc([125I])c3)c2cc1OC. The van der Waals surface area contributed by atoms with Gasteiger partial charge in [0.15, 0.2) is 11.5 Å². The molecule has 0 amide bonds. The zero-order valence-electron chi connectivity index (χ0n) is 12.1. The normalized spacial score (nSPS) is 10.5. The van der Waals surface area contributed by atoms with Crippen LogP contribution >= 0.6 is 22.6 Å². The summed E-state index contributed by atoms with van der Waals surface area (Å²) in [5, 5.41) is 4.20. The van der Waals surface area contributed by atoms with E-state index in [9.17, 15) is 0 Å². The monoisotopic (exact) mass is 405 g/mol. The third-order valence-corrected chi connectivity index (χ3v) is 3.90. The minimum atomic E-state index is 0.647. The van der Waals surface area contributed by atoms with E-state index in [2.05, 4.69) is 43.9 Å². The second-order valence-electron chi connectivity index (χ2n) is 4.58. The molecule has 22 heavy (non-hydrogen) atoms. The van der Waals surface area contributed by atoms with Crippen molar-refractivity contribution >= 4 is 45.0 Å². The topological polar surface area (TPSA) is 56.3 Å². The fourth-order valence-electron chi connectivity index (χ4n) is 2.19. The molecule has 2 aromatic carbocycles. The first-order valence-corrected chi connectivity index (χ1v) is 7.68. The van der Waals surface area contributed by atoms with Gasteiger partial charge >= 0.3 is 0 Å². The molecule has 3 rings (SSSR count). The number of fused-ring (bicyclic) bond motifs is 1. The van der Waals surface area contributed by atoms with E-state index in [1.807, 2.05) is 30.3 Å². The van der Waals surface area contributed by atoms with Crippen molar-refractivity contribution in [2.75, 3.05) is 19.5 Å². The van der Waals surface area contributed by atoms with Gasteiger partial charge in [-0.05, 0) is 46.9 Å². The summed E-state index contributed by atoms with van der Waals surface area (Å²) in [6.45, 7) is 0. The van der Waals surface area contributed by atoms with Crippen LogP contribution in [0.1, 0.15) is 0 Å². The van der Waals surface area contributed by atoms with Crippen molar-refractivity contribution in [3.8, 4) is 11.5 Å². The Kier molecular flexibility index (Phi) is 4.28. The van der Waals surface area contributed by atoms with E-state index in [1.54, 1.807) is 14.2 Å². The number of aromatic nitrogens is 2. The first-order chi connectivity index (χ1) is 10.7. The standard InChI is InChI=1S/C16H14IN3O2/c1-21-14-7-12-13(8-15(14)22-2)18-9-19-16(12)20-11-5-3-4-10(17)6-11/h3-9H,1-2H3,(H,18,19,20)/i17-2. The summed E-state index contributed by atoms with van der Waals surface area (Å²) in [5.41, 5.74) is 1.77. The average Bonchev–Trinajstić information content (AvgIpc) is 2.54. The maximum atomic E-state index is 5.36. The van der Waals surface area contributed by atoms with Crippen LogP contribution in [0.15, 0.2) is 42.7 Å². The zero-order chi connectivity index (χ0) is 15.5. The first kappa shape index (κ1) is 14.8. The lowest BCUT2D eigenvalue weighted by atomic mass is 10.2. The Labute approximate surface area is 141 Å². The summed E-state index contributed by atoms with van der Waals surface area (Å²) in [4.78, 5) is 8.64. The van der Waals surface area contributed by atoms with Crippen LogP contribution in [0, 0.1) is 3.57 Å². The van der Waals surface area contributed by atoms with Gasteiger partial charge in [0.25, 0.3) is 0 Å². The van der Waals surface area contributed by atoms with Crippen LogP contribution < -0.4 is 14.8 Å². The number of hydrogen-bond donors (Lipinski definition) is 1. The van der Waals surface area contributed by atoms with Crippen LogP contribution in [0.2, 0.25) is 0 Å². The molecule has 112 valence electrons. The molecule has 5 nitrogen and oxygen atoms in total. The number of rotatable bonds is 4. The van der Waals surface area contributed by atoms with Crippen molar-refractivity contribution in [2.24, 2.45) is 0 Å². The van der Waals surface area contributed by atoms with Gasteiger partial charge in [-0.15, -0.1) is 0 Å². The Balaban J connectivity index is 2.09. The lowest BCUT2D eigenvalue weighted by molar-refractivity contribution is 0.356. The maximum absolute atomic E-state index is 5.36. The predicted molar refractivity (Wildman–Crippen MR) is 95.1 cm³/mol. The Morgan fingerprint density at radius 2 is 1.77 bits per heavy atom. The van der Waals surface area contributed by atoms with Crippen molar-refractivity contribution in [1.82, 2.24) is 9.97 Å². The highest BCUT2D eigenvalue weighted by atomic mass is 125. The summed E-state index contributed by atoms with van der Waals surface area (Å²) in [5.74, 6) is 2.03. The minimum Gasteiger partial charge on any atom is -0.493 e. The molecule has 0 fully saturated rings. The summed E-state index contributed by atoms with van der Waals surface area (Å²) >= 11 is 2.28. The second kappa shape index (κ2) is 6.35. The largest absolute Gasteiger partial charge is 0.493 e. The van der Waals surface area contributed by atoms with Crippen LogP contribution in [0.5, 0.6) is 11.5 Å². The predicted octanol–water partition coefficient (Wildman–Crippen LogP) is 4.00. The van der Waals surface area contributed by atoms with Gasteiger partial charge in [-0.2, -0.15) is 0 Å². The molecule has 0 saturated heterocycles. The van der Waals surface area contributed by atoms with E-state index in [0.29, 0.717) is 11.5 Å². The zero-order valence-corrected chi connectivity index (χ0v) is 14.3. The Bertz CT molecular complexity index is 824. The van der Waals surface area contributed by atoms with E-state index in [1.165, 1.54) is 6.33 Å². The highest BCUT2D eigenvalue weighted by Gasteiger charge is 2.11. The highest BCUT2D eigenvalue weighted by molar-refractivity contribution is 14.1. The van der Waals surface area contributed by atoms with Crippen molar-refractivity contribution in [2.45, 2.75) is 0 Å². The van der Waals surface area contributed by atoms with Crippen molar-refractivity contribution in [3.63, 3.8) is 0 Å². The van der Waals surface area contributed by atoms with E-state index in [4.69, 9.17) is 9.47 Å². The number of methoxy groups -OCH3 is 2. The molecule has 0 unspecified atom stereocenters. The average molecular weight is 405 g/mol. The molecule has 6 heteroatoms. The molecule has 0 atom stereocenters. The van der Waals surface area contributed by atoms with Gasteiger partial charge in [-0.1, -0.05) is 6.07 Å². The third-order valence-electron chi connectivity index (χ3n) is 3.23. The summed E-state index contributed by atoms with van der Waals surface area (Å²) < 4.78 is 11.8. The lowest BCUT2D eigenvalue weighted by Crippen LogP contribution is -1.98. The molecule has 0 aliphatic carbocycles. The van der Waals surface area contributed by atoms with Crippen molar-refractivity contribution < 1.29 is 9.47 Å². The van der Waals surface area contributed by atoms with Crippen LogP contribution in [0.4, 0.5) is 11.5 Å². The minimum absolute atomic E-state index is 0.647. The quantitative estimate of drug-likeness (QED) is 0.666. The molecule has 0 radical (unpaired) electrons. The molecule has 0 aliphatic rings. The molecule has 0 bridgehead atoms. The van der Waals surface area contributed by atoms with Crippen molar-refractivity contribution in [1.29, 1.82) is 0 Å². The fourth-order valence-corrected chi connectivity index (χ4v) is 2.73. The Morgan fingerprint density at radius 1 is 1.00 bits per heavy atom. The lowest BCUT2D eigenvalue weighted by Gasteiger charge is -2.12. The number of anilines is 2. The van der Waals surface area contributed by atoms with Gasteiger partial charge in [0.2, 0.25) is 0 Å². The van der Waals surface area contributed by atoms with Crippen molar-refractivity contribution in [3.05, 3.63) is 46.3 Å². The summed E-state index contributed by atoms with van der Waals surface area (Å²) in [6, 6.07) is 11.8. The fraction of sp³-hybridized carbons (Fsp3) is 0.125. The number of benzene rings is 2. The Morgan fingerprint density at radius 3 is 2.50 bits per heavy atom. The van der Waals surface area contributed by atoms with E-state index in [0.717, 1.165) is 26.0 Å². The molecule has 1 heterocycles.